The summed E-state index contributed by atoms with van der Waals surface area (Å²) >= 11 is 0. The van der Waals surface area contributed by atoms with Crippen LogP contribution in [0.4, 0.5) is 0 Å². The van der Waals surface area contributed by atoms with Crippen molar-refractivity contribution >= 4 is 10.0 Å². The van der Waals surface area contributed by atoms with Gasteiger partial charge in [0, 0.05) is 32.7 Å². The maximum absolute atomic E-state index is 13.8. The van der Waals surface area contributed by atoms with Crippen LogP contribution < -0.4 is 9.47 Å². The van der Waals surface area contributed by atoms with Crippen LogP contribution in [0.3, 0.4) is 0 Å². The summed E-state index contributed by atoms with van der Waals surface area (Å²) < 4.78 is 41.1. The normalized spacial score (nSPS) is 11.9. The van der Waals surface area contributed by atoms with Gasteiger partial charge in [0.2, 0.25) is 0 Å². The van der Waals surface area contributed by atoms with E-state index in [9.17, 15) is 8.42 Å². The van der Waals surface area contributed by atoms with Crippen LogP contribution in [0.15, 0.2) is 59.6 Å². The number of hydrogen-bond donors (Lipinski definition) is 0. The van der Waals surface area contributed by atoms with Crippen molar-refractivity contribution in [2.24, 2.45) is 7.05 Å². The van der Waals surface area contributed by atoms with Crippen molar-refractivity contribution in [3.63, 3.8) is 0 Å². The van der Waals surface area contributed by atoms with Gasteiger partial charge in [-0.05, 0) is 48.5 Å². The Morgan fingerprint density at radius 3 is 1.71 bits per heavy atom. The van der Waals surface area contributed by atoms with Crippen LogP contribution in [0.25, 0.3) is 0 Å². The van der Waals surface area contributed by atoms with Crippen LogP contribution in [-0.4, -0.2) is 54.7 Å². The zero-order chi connectivity index (χ0) is 24.7. The van der Waals surface area contributed by atoms with E-state index in [-0.39, 0.29) is 18.1 Å². The molecule has 34 heavy (non-hydrogen) atoms. The van der Waals surface area contributed by atoms with Crippen LogP contribution >= 0.6 is 0 Å². The Bertz CT molecular complexity index is 1110. The van der Waals surface area contributed by atoms with Gasteiger partial charge in [-0.15, -0.1) is 0 Å². The molecule has 0 saturated heterocycles. The number of ether oxygens (including phenoxy) is 2. The molecule has 8 nitrogen and oxygen atoms in total. The summed E-state index contributed by atoms with van der Waals surface area (Å²) in [7, 11) is 1.13. The largest absolute Gasteiger partial charge is 0.497 e. The molecule has 1 aromatic heterocycles. The summed E-state index contributed by atoms with van der Waals surface area (Å²) in [6.45, 7) is 6.99. The predicted octanol–water partition coefficient (Wildman–Crippen LogP) is 3.67. The van der Waals surface area contributed by atoms with Crippen LogP contribution in [0.2, 0.25) is 0 Å². The third kappa shape index (κ3) is 6.16. The number of aromatic nitrogens is 2. The van der Waals surface area contributed by atoms with Crippen molar-refractivity contribution in [3.8, 4) is 11.5 Å². The van der Waals surface area contributed by atoms with Gasteiger partial charge in [-0.1, -0.05) is 38.1 Å². The standard InChI is InChI=1S/C25H34N4O4S/c1-6-28(7-2)19-22-16-25(26-27(22)3)34(30,31)29(17-20-8-12-23(32-4)13-9-20)18-21-10-14-24(33-5)15-11-21/h8-16H,6-7,17-19H2,1-5H3. The van der Waals surface area contributed by atoms with Crippen LogP contribution in [0.1, 0.15) is 30.7 Å². The second-order valence-electron chi connectivity index (χ2n) is 8.03. The first-order valence-electron chi connectivity index (χ1n) is 11.3. The van der Waals surface area contributed by atoms with E-state index < -0.39 is 10.0 Å². The quantitative estimate of drug-likeness (QED) is 0.389. The lowest BCUT2D eigenvalue weighted by Crippen LogP contribution is -2.30. The van der Waals surface area contributed by atoms with Gasteiger partial charge in [-0.25, -0.2) is 8.42 Å². The van der Waals surface area contributed by atoms with E-state index in [1.807, 2.05) is 48.5 Å². The average Bonchev–Trinajstić information content (AvgIpc) is 3.23. The molecule has 0 fully saturated rings. The maximum atomic E-state index is 13.8. The summed E-state index contributed by atoms with van der Waals surface area (Å²) in [5.74, 6) is 1.44. The first-order valence-corrected chi connectivity index (χ1v) is 12.8. The van der Waals surface area contributed by atoms with Crippen molar-refractivity contribution in [3.05, 3.63) is 71.4 Å². The molecular formula is C25H34N4O4S. The third-order valence-corrected chi connectivity index (χ3v) is 7.54. The van der Waals surface area contributed by atoms with E-state index in [0.29, 0.717) is 6.54 Å². The minimum Gasteiger partial charge on any atom is -0.497 e. The summed E-state index contributed by atoms with van der Waals surface area (Å²) in [5, 5.41) is 4.44. The molecule has 0 saturated carbocycles. The number of sulfonamides is 1. The second kappa shape index (κ2) is 11.5. The Balaban J connectivity index is 1.94. The van der Waals surface area contributed by atoms with E-state index >= 15 is 0 Å². The van der Waals surface area contributed by atoms with Gasteiger partial charge in [0.15, 0.2) is 5.03 Å². The fraction of sp³-hybridized carbons (Fsp3) is 0.400. The molecule has 3 rings (SSSR count). The number of methoxy groups -OCH3 is 2. The molecule has 0 radical (unpaired) electrons. The predicted molar refractivity (Wildman–Crippen MR) is 132 cm³/mol. The van der Waals surface area contributed by atoms with Gasteiger partial charge in [0.25, 0.3) is 10.0 Å². The maximum Gasteiger partial charge on any atom is 0.262 e. The first-order chi connectivity index (χ1) is 16.3. The van der Waals surface area contributed by atoms with Gasteiger partial charge in [0.05, 0.1) is 19.9 Å². The van der Waals surface area contributed by atoms with Crippen LogP contribution in [0, 0.1) is 0 Å². The molecule has 0 amide bonds. The third-order valence-electron chi connectivity index (χ3n) is 5.87. The lowest BCUT2D eigenvalue weighted by atomic mass is 10.2. The number of aryl methyl sites for hydroxylation is 1. The van der Waals surface area contributed by atoms with Crippen molar-refractivity contribution < 1.29 is 17.9 Å². The fourth-order valence-corrected chi connectivity index (χ4v) is 5.07. The van der Waals surface area contributed by atoms with Gasteiger partial charge in [-0.2, -0.15) is 9.40 Å². The SMILES string of the molecule is CCN(CC)Cc1cc(S(=O)(=O)N(Cc2ccc(OC)cc2)Cc2ccc(OC)cc2)nn1C. The number of nitrogens with zero attached hydrogens (tertiary/aromatic N) is 4. The molecule has 0 aliphatic heterocycles. The molecule has 0 atom stereocenters. The molecule has 0 aliphatic rings. The Hall–Kier alpha value is -2.88. The van der Waals surface area contributed by atoms with Gasteiger partial charge in [0.1, 0.15) is 11.5 Å². The Morgan fingerprint density at radius 1 is 0.824 bits per heavy atom. The molecule has 0 bridgehead atoms. The molecule has 3 aromatic rings. The van der Waals surface area contributed by atoms with Gasteiger partial charge in [-0.3, -0.25) is 9.58 Å². The Kier molecular flexibility index (Phi) is 8.71. The summed E-state index contributed by atoms with van der Waals surface area (Å²) in [5.41, 5.74) is 2.57. The van der Waals surface area contributed by atoms with Crippen molar-refractivity contribution in [1.29, 1.82) is 0 Å². The second-order valence-corrected chi connectivity index (χ2v) is 9.91. The average molecular weight is 487 g/mol. The van der Waals surface area contributed by atoms with Gasteiger partial charge >= 0.3 is 0 Å². The number of hydrogen-bond acceptors (Lipinski definition) is 6. The molecule has 1 heterocycles. The Morgan fingerprint density at radius 2 is 1.29 bits per heavy atom. The van der Waals surface area contributed by atoms with Crippen LogP contribution in [0.5, 0.6) is 11.5 Å². The minimum atomic E-state index is -3.86. The highest BCUT2D eigenvalue weighted by Crippen LogP contribution is 2.23. The summed E-state index contributed by atoms with van der Waals surface area (Å²) in [6, 6.07) is 16.5. The number of rotatable bonds is 12. The summed E-state index contributed by atoms with van der Waals surface area (Å²) in [6.07, 6.45) is 0. The zero-order valence-corrected chi connectivity index (χ0v) is 21.4. The smallest absolute Gasteiger partial charge is 0.262 e. The topological polar surface area (TPSA) is 76.9 Å². The lowest BCUT2D eigenvalue weighted by Gasteiger charge is -2.21. The first kappa shape index (κ1) is 25.7. The zero-order valence-electron chi connectivity index (χ0n) is 20.6. The molecular weight excluding hydrogens is 452 g/mol. The van der Waals surface area contributed by atoms with E-state index in [2.05, 4.69) is 23.8 Å². The molecule has 0 spiro atoms. The lowest BCUT2D eigenvalue weighted by molar-refractivity contribution is 0.287. The molecule has 0 N–H and O–H groups in total. The molecule has 0 aliphatic carbocycles. The fourth-order valence-electron chi connectivity index (χ4n) is 3.65. The van der Waals surface area contributed by atoms with E-state index in [1.165, 1.54) is 4.31 Å². The molecule has 2 aromatic carbocycles. The van der Waals surface area contributed by atoms with Crippen molar-refractivity contribution in [1.82, 2.24) is 19.0 Å². The monoisotopic (exact) mass is 486 g/mol. The molecule has 9 heteroatoms. The summed E-state index contributed by atoms with van der Waals surface area (Å²) in [4.78, 5) is 2.22. The van der Waals surface area contributed by atoms with E-state index in [1.54, 1.807) is 32.0 Å². The van der Waals surface area contributed by atoms with Crippen molar-refractivity contribution in [2.75, 3.05) is 27.3 Å². The highest BCUT2D eigenvalue weighted by Gasteiger charge is 2.29. The van der Waals surface area contributed by atoms with Gasteiger partial charge < -0.3 is 9.47 Å². The van der Waals surface area contributed by atoms with Crippen molar-refractivity contribution in [2.45, 2.75) is 38.5 Å². The Labute approximate surface area is 202 Å². The minimum absolute atomic E-state index is 0.0548. The number of benzene rings is 2. The van der Waals surface area contributed by atoms with E-state index in [4.69, 9.17) is 9.47 Å². The molecule has 0 unspecified atom stereocenters. The highest BCUT2D eigenvalue weighted by atomic mass is 32.2. The van der Waals surface area contributed by atoms with Crippen LogP contribution in [-0.2, 0) is 36.7 Å². The molecule has 184 valence electrons. The highest BCUT2D eigenvalue weighted by molar-refractivity contribution is 7.89. The van der Waals surface area contributed by atoms with E-state index in [0.717, 1.165) is 41.4 Å².